The van der Waals surface area contributed by atoms with Gasteiger partial charge in [0.2, 0.25) is 0 Å². The summed E-state index contributed by atoms with van der Waals surface area (Å²) in [5.74, 6) is -2.24. The molecule has 0 aliphatic carbocycles. The summed E-state index contributed by atoms with van der Waals surface area (Å²) < 4.78 is 4.82. The molecule has 0 bridgehead atoms. The molecule has 0 saturated carbocycles. The minimum atomic E-state index is -0.734. The van der Waals surface area contributed by atoms with Crippen LogP contribution in [-0.4, -0.2) is 70.8 Å². The molecule has 34 heavy (non-hydrogen) atoms. The maximum atomic E-state index is 13.3. The molecule has 0 radical (unpaired) electrons. The van der Waals surface area contributed by atoms with Crippen molar-refractivity contribution in [3.63, 3.8) is 0 Å². The van der Waals surface area contributed by atoms with Gasteiger partial charge in [-0.3, -0.25) is 9.59 Å². The number of likely N-dealkylation sites (tertiary alicyclic amines) is 1. The Balaban J connectivity index is 2.17. The second kappa shape index (κ2) is 10.3. The van der Waals surface area contributed by atoms with E-state index in [1.165, 1.54) is 12.0 Å². The van der Waals surface area contributed by atoms with Gasteiger partial charge in [-0.2, -0.15) is 0 Å². The second-order valence-electron chi connectivity index (χ2n) is 8.55. The van der Waals surface area contributed by atoms with Crippen molar-refractivity contribution in [2.75, 3.05) is 33.3 Å². The summed E-state index contributed by atoms with van der Waals surface area (Å²) in [7, 11) is 1.27. The molecule has 182 valence electrons. The molecule has 1 saturated heterocycles. The van der Waals surface area contributed by atoms with E-state index in [1.807, 2.05) is 45.0 Å². The van der Waals surface area contributed by atoms with E-state index in [1.54, 1.807) is 13.8 Å². The number of Topliss-reactive ketones (excluding diaryl/α,β-unsaturated/α-hetero) is 1. The van der Waals surface area contributed by atoms with Crippen molar-refractivity contribution in [1.29, 1.82) is 0 Å². The lowest BCUT2D eigenvalue weighted by Gasteiger charge is -2.28. The molecule has 1 aliphatic rings. The van der Waals surface area contributed by atoms with Crippen molar-refractivity contribution in [2.45, 2.75) is 40.7 Å². The average Bonchev–Trinajstić information content (AvgIpc) is 3.26. The van der Waals surface area contributed by atoms with Crippen LogP contribution in [0.2, 0.25) is 0 Å². The van der Waals surface area contributed by atoms with Crippen LogP contribution in [0.1, 0.15) is 58.3 Å². The number of carbonyl (C=O) groups is 3. The van der Waals surface area contributed by atoms with Crippen LogP contribution in [0, 0.1) is 20.8 Å². The van der Waals surface area contributed by atoms with Gasteiger partial charge in [0.05, 0.1) is 18.7 Å². The minimum absolute atomic E-state index is 0.0232. The molecule has 1 amide bonds. The van der Waals surface area contributed by atoms with Crippen LogP contribution in [0.3, 0.4) is 0 Å². The molecule has 1 aromatic carbocycles. The van der Waals surface area contributed by atoms with E-state index in [4.69, 9.17) is 4.74 Å². The molecule has 2 heterocycles. The molecular formula is C26H33N3O5. The Hall–Kier alpha value is -3.39. The molecule has 1 aliphatic heterocycles. The first kappa shape index (κ1) is 25.2. The molecule has 3 rings (SSSR count). The quantitative estimate of drug-likeness (QED) is 0.267. The topological polar surface area (TPSA) is 103 Å². The number of esters is 1. The fourth-order valence-electron chi connectivity index (χ4n) is 4.54. The normalized spacial score (nSPS) is 17.6. The average molecular weight is 468 g/mol. The molecule has 8 heteroatoms. The number of hydrogen-bond donors (Lipinski definition) is 2. The highest BCUT2D eigenvalue weighted by molar-refractivity contribution is 6.46. The number of aliphatic hydroxyl groups is 1. The van der Waals surface area contributed by atoms with Crippen LogP contribution in [0.4, 0.5) is 0 Å². The first-order chi connectivity index (χ1) is 16.2. The van der Waals surface area contributed by atoms with E-state index in [0.717, 1.165) is 24.2 Å². The zero-order chi connectivity index (χ0) is 25.2. The molecule has 2 N–H and O–H groups in total. The monoisotopic (exact) mass is 467 g/mol. The van der Waals surface area contributed by atoms with Crippen molar-refractivity contribution in [3.8, 4) is 0 Å². The molecule has 8 nitrogen and oxygen atoms in total. The number of methoxy groups -OCH3 is 1. The number of H-pyrrole nitrogens is 1. The van der Waals surface area contributed by atoms with Gasteiger partial charge < -0.3 is 24.6 Å². The fraction of sp³-hybridized carbons (Fsp3) is 0.423. The van der Waals surface area contributed by atoms with Gasteiger partial charge >= 0.3 is 5.97 Å². The van der Waals surface area contributed by atoms with E-state index in [2.05, 4.69) is 9.88 Å². The Labute approximate surface area is 200 Å². The van der Waals surface area contributed by atoms with Gasteiger partial charge in [0.25, 0.3) is 11.7 Å². The van der Waals surface area contributed by atoms with Crippen LogP contribution in [-0.2, 0) is 14.3 Å². The van der Waals surface area contributed by atoms with E-state index < -0.39 is 23.7 Å². The van der Waals surface area contributed by atoms with Crippen LogP contribution in [0.5, 0.6) is 0 Å². The summed E-state index contributed by atoms with van der Waals surface area (Å²) in [4.78, 5) is 45.2. The first-order valence-corrected chi connectivity index (χ1v) is 11.5. The van der Waals surface area contributed by atoms with Gasteiger partial charge in [-0.25, -0.2) is 4.79 Å². The first-order valence-electron chi connectivity index (χ1n) is 11.5. The molecule has 1 atom stereocenters. The summed E-state index contributed by atoms with van der Waals surface area (Å²) in [6.45, 7) is 12.0. The molecular weight excluding hydrogens is 434 g/mol. The van der Waals surface area contributed by atoms with Gasteiger partial charge in [-0.05, 0) is 45.0 Å². The Morgan fingerprint density at radius 2 is 1.74 bits per heavy atom. The zero-order valence-corrected chi connectivity index (χ0v) is 20.7. The molecule has 0 unspecified atom stereocenters. The number of rotatable bonds is 8. The minimum Gasteiger partial charge on any atom is -0.507 e. The molecule has 0 spiro atoms. The van der Waals surface area contributed by atoms with Gasteiger partial charge in [0.1, 0.15) is 11.5 Å². The number of nitrogens with zero attached hydrogens (tertiary/aromatic N) is 2. The maximum Gasteiger partial charge on any atom is 0.354 e. The van der Waals surface area contributed by atoms with Gasteiger partial charge in [-0.15, -0.1) is 0 Å². The van der Waals surface area contributed by atoms with E-state index in [9.17, 15) is 19.5 Å². The van der Waals surface area contributed by atoms with Crippen LogP contribution in [0.15, 0.2) is 29.8 Å². The lowest BCUT2D eigenvalue weighted by atomic mass is 9.93. The van der Waals surface area contributed by atoms with Crippen molar-refractivity contribution in [2.24, 2.45) is 0 Å². The van der Waals surface area contributed by atoms with Crippen molar-refractivity contribution < 1.29 is 24.2 Å². The number of aliphatic hydroxyl groups excluding tert-OH is 1. The standard InChI is InChI=1S/C26H33N3O5/c1-7-28(8-2)13-14-29-22(18-11-9-15(3)10-12-18)20(24(31)25(29)32)23(30)19-16(4)21(26(33)34-6)27-17(19)5/h9-12,22,27,30H,7-8,13-14H2,1-6H3/b23-20+/t22-/m0/s1. The number of aromatic amines is 1. The Bertz CT molecular complexity index is 1130. The summed E-state index contributed by atoms with van der Waals surface area (Å²) in [6, 6.07) is 6.86. The number of benzene rings is 1. The lowest BCUT2D eigenvalue weighted by molar-refractivity contribution is -0.140. The van der Waals surface area contributed by atoms with Gasteiger partial charge in [-0.1, -0.05) is 43.7 Å². The predicted octanol–water partition coefficient (Wildman–Crippen LogP) is 3.49. The fourth-order valence-corrected chi connectivity index (χ4v) is 4.54. The highest BCUT2D eigenvalue weighted by Crippen LogP contribution is 2.40. The Kier molecular flexibility index (Phi) is 7.61. The summed E-state index contributed by atoms with van der Waals surface area (Å²) in [5.41, 5.74) is 3.30. The Morgan fingerprint density at radius 3 is 2.29 bits per heavy atom. The highest BCUT2D eigenvalue weighted by atomic mass is 16.5. The van der Waals surface area contributed by atoms with E-state index >= 15 is 0 Å². The number of ketones is 1. The summed E-state index contributed by atoms with van der Waals surface area (Å²) >= 11 is 0. The number of hydrogen-bond acceptors (Lipinski definition) is 6. The molecule has 1 aromatic heterocycles. The van der Waals surface area contributed by atoms with E-state index in [-0.39, 0.29) is 17.0 Å². The van der Waals surface area contributed by atoms with Gasteiger partial charge in [0.15, 0.2) is 0 Å². The van der Waals surface area contributed by atoms with Crippen LogP contribution in [0.25, 0.3) is 5.76 Å². The van der Waals surface area contributed by atoms with E-state index in [0.29, 0.717) is 29.9 Å². The largest absolute Gasteiger partial charge is 0.507 e. The second-order valence-corrected chi connectivity index (χ2v) is 8.55. The third kappa shape index (κ3) is 4.50. The van der Waals surface area contributed by atoms with Crippen LogP contribution < -0.4 is 0 Å². The SMILES string of the molecule is CCN(CC)CCN1C(=O)C(=O)/C(=C(/O)c2c(C)[nH]c(C(=O)OC)c2C)[C@@H]1c1ccc(C)cc1. The smallest absolute Gasteiger partial charge is 0.354 e. The zero-order valence-electron chi connectivity index (χ0n) is 20.7. The summed E-state index contributed by atoms with van der Waals surface area (Å²) in [5, 5.41) is 11.4. The number of likely N-dealkylation sites (N-methyl/N-ethyl adjacent to an activating group) is 1. The number of amides is 1. The molecule has 2 aromatic rings. The third-order valence-corrected chi connectivity index (χ3v) is 6.55. The maximum absolute atomic E-state index is 13.3. The van der Waals surface area contributed by atoms with Gasteiger partial charge in [0, 0.05) is 24.3 Å². The number of ether oxygens (including phenoxy) is 1. The predicted molar refractivity (Wildman–Crippen MR) is 130 cm³/mol. The van der Waals surface area contributed by atoms with Crippen molar-refractivity contribution in [3.05, 3.63) is 63.5 Å². The van der Waals surface area contributed by atoms with Crippen molar-refractivity contribution in [1.82, 2.24) is 14.8 Å². The highest BCUT2D eigenvalue weighted by Gasteiger charge is 2.46. The number of aryl methyl sites for hydroxylation is 2. The number of nitrogens with one attached hydrogen (secondary N) is 1. The number of carbonyl (C=O) groups excluding carboxylic acids is 3. The summed E-state index contributed by atoms with van der Waals surface area (Å²) in [6.07, 6.45) is 0. The molecule has 1 fully saturated rings. The Morgan fingerprint density at radius 1 is 1.12 bits per heavy atom. The third-order valence-electron chi connectivity index (χ3n) is 6.55. The van der Waals surface area contributed by atoms with Crippen LogP contribution >= 0.6 is 0 Å². The lowest BCUT2D eigenvalue weighted by Crippen LogP contribution is -2.38. The van der Waals surface area contributed by atoms with Crippen molar-refractivity contribution >= 4 is 23.4 Å². The number of aromatic nitrogens is 1.